The molecule has 0 aliphatic carbocycles. The van der Waals surface area contributed by atoms with Crippen LogP contribution in [0, 0.1) is 5.92 Å². The summed E-state index contributed by atoms with van der Waals surface area (Å²) in [4.78, 5) is 23.6. The maximum Gasteiger partial charge on any atom is 0.290 e. The van der Waals surface area contributed by atoms with Gasteiger partial charge in [0.2, 0.25) is 0 Å². The number of carbonyl (C=O) groups excluding carboxylic acids is 1. The maximum absolute atomic E-state index is 12.8. The molecular weight excluding hydrogens is 360 g/mol. The van der Waals surface area contributed by atoms with Crippen molar-refractivity contribution in [2.75, 3.05) is 19.6 Å². The smallest absolute Gasteiger partial charge is 0.290 e. The Kier molecular flexibility index (Phi) is 5.12. The van der Waals surface area contributed by atoms with E-state index in [1.807, 2.05) is 24.3 Å². The van der Waals surface area contributed by atoms with E-state index in [4.69, 9.17) is 14.3 Å². The lowest BCUT2D eigenvalue weighted by Gasteiger charge is -2.44. The summed E-state index contributed by atoms with van der Waals surface area (Å²) in [5.74, 6) is 0.509. The Morgan fingerprint density at radius 3 is 2.71 bits per heavy atom. The lowest BCUT2D eigenvalue weighted by atomic mass is 9.84. The monoisotopic (exact) mass is 382 g/mol. The van der Waals surface area contributed by atoms with E-state index in [9.17, 15) is 4.79 Å². The maximum atomic E-state index is 12.8. The molecule has 3 saturated heterocycles. The summed E-state index contributed by atoms with van der Waals surface area (Å²) in [6, 6.07) is 8.10. The van der Waals surface area contributed by atoms with E-state index < -0.39 is 0 Å². The minimum atomic E-state index is -0.250. The van der Waals surface area contributed by atoms with E-state index in [0.717, 1.165) is 41.7 Å². The largest absolute Gasteiger partial charge is 0.483 e. The van der Waals surface area contributed by atoms with E-state index >= 15 is 0 Å². The van der Waals surface area contributed by atoms with E-state index in [1.165, 1.54) is 12.8 Å². The summed E-state index contributed by atoms with van der Waals surface area (Å²) in [6.07, 6.45) is 5.71. The Balaban J connectivity index is 0.000000604. The van der Waals surface area contributed by atoms with E-state index in [-0.39, 0.29) is 18.4 Å². The van der Waals surface area contributed by atoms with Crippen LogP contribution >= 0.6 is 0 Å². The van der Waals surface area contributed by atoms with Crippen molar-refractivity contribution in [2.45, 2.75) is 18.9 Å². The summed E-state index contributed by atoms with van der Waals surface area (Å²) >= 11 is 0. The molecule has 8 nitrogen and oxygen atoms in total. The second-order valence-corrected chi connectivity index (χ2v) is 7.17. The number of hydrogen-bond donors (Lipinski definition) is 3. The van der Waals surface area contributed by atoms with Crippen molar-refractivity contribution in [2.24, 2.45) is 5.92 Å². The van der Waals surface area contributed by atoms with Crippen LogP contribution in [0.1, 0.15) is 23.3 Å². The highest BCUT2D eigenvalue weighted by molar-refractivity contribution is 6.05. The zero-order chi connectivity index (χ0) is 19.5. The lowest BCUT2D eigenvalue weighted by Crippen LogP contribution is -2.57. The third-order valence-electron chi connectivity index (χ3n) is 5.61. The van der Waals surface area contributed by atoms with Crippen molar-refractivity contribution in [3.05, 3.63) is 42.5 Å². The molecule has 3 aliphatic rings. The van der Waals surface area contributed by atoms with Crippen LogP contribution in [0.25, 0.3) is 22.0 Å². The van der Waals surface area contributed by atoms with Crippen LogP contribution < -0.4 is 5.32 Å². The fourth-order valence-electron chi connectivity index (χ4n) is 4.16. The first-order chi connectivity index (χ1) is 13.7. The topological polar surface area (TPSA) is 111 Å². The third-order valence-corrected chi connectivity index (χ3v) is 5.61. The van der Waals surface area contributed by atoms with Gasteiger partial charge in [0, 0.05) is 23.5 Å². The Hall–Kier alpha value is -3.13. The highest BCUT2D eigenvalue weighted by atomic mass is 16.3. The van der Waals surface area contributed by atoms with Crippen LogP contribution in [-0.4, -0.2) is 58.3 Å². The number of furan rings is 1. The molecule has 1 atom stereocenters. The molecule has 28 heavy (non-hydrogen) atoms. The molecular formula is C20H22N4O4. The SMILES string of the molecule is O=C(N[C@@H]1CN2CCC1CC2)c1n[nH]c2ccc(-c3ccoc3)cc12.O=CO. The Morgan fingerprint density at radius 1 is 1.29 bits per heavy atom. The molecule has 8 heteroatoms. The highest BCUT2D eigenvalue weighted by Gasteiger charge is 2.35. The van der Waals surface area contributed by atoms with Gasteiger partial charge in [0.15, 0.2) is 5.69 Å². The molecule has 2 aromatic heterocycles. The van der Waals surface area contributed by atoms with E-state index in [1.54, 1.807) is 12.5 Å². The van der Waals surface area contributed by atoms with Gasteiger partial charge in [-0.2, -0.15) is 5.10 Å². The molecule has 1 aromatic carbocycles. The van der Waals surface area contributed by atoms with Gasteiger partial charge >= 0.3 is 0 Å². The summed E-state index contributed by atoms with van der Waals surface area (Å²) in [5, 5.41) is 18.2. The zero-order valence-corrected chi connectivity index (χ0v) is 15.3. The molecule has 3 N–H and O–H groups in total. The number of piperidine rings is 3. The fourth-order valence-corrected chi connectivity index (χ4v) is 4.16. The molecule has 0 saturated carbocycles. The van der Waals surface area contributed by atoms with Crippen molar-refractivity contribution in [1.82, 2.24) is 20.4 Å². The van der Waals surface area contributed by atoms with Crippen LogP contribution in [0.15, 0.2) is 41.2 Å². The second kappa shape index (κ2) is 7.85. The first-order valence-electron chi connectivity index (χ1n) is 9.31. The molecule has 3 aromatic rings. The van der Waals surface area contributed by atoms with Crippen molar-refractivity contribution in [1.29, 1.82) is 0 Å². The van der Waals surface area contributed by atoms with Crippen molar-refractivity contribution < 1.29 is 19.1 Å². The van der Waals surface area contributed by atoms with Crippen molar-refractivity contribution in [3.8, 4) is 11.1 Å². The van der Waals surface area contributed by atoms with E-state index in [0.29, 0.717) is 11.6 Å². The summed E-state index contributed by atoms with van der Waals surface area (Å²) < 4.78 is 5.16. The molecule has 6 rings (SSSR count). The molecule has 0 radical (unpaired) electrons. The predicted octanol–water partition coefficient (Wildman–Crippen LogP) is 2.35. The number of fused-ring (bicyclic) bond motifs is 4. The van der Waals surface area contributed by atoms with Crippen LogP contribution in [0.3, 0.4) is 0 Å². The van der Waals surface area contributed by atoms with Gasteiger partial charge in [-0.1, -0.05) is 6.07 Å². The first-order valence-corrected chi connectivity index (χ1v) is 9.31. The Bertz CT molecular complexity index is 958. The molecule has 2 bridgehead atoms. The summed E-state index contributed by atoms with van der Waals surface area (Å²) in [7, 11) is 0. The van der Waals surface area contributed by atoms with Gasteiger partial charge in [-0.05, 0) is 55.6 Å². The molecule has 146 valence electrons. The van der Waals surface area contributed by atoms with E-state index in [2.05, 4.69) is 20.4 Å². The number of nitrogens with zero attached hydrogens (tertiary/aromatic N) is 2. The molecule has 3 fully saturated rings. The lowest BCUT2D eigenvalue weighted by molar-refractivity contribution is -0.122. The van der Waals surface area contributed by atoms with Gasteiger partial charge < -0.3 is 19.7 Å². The molecule has 0 spiro atoms. The minimum absolute atomic E-state index is 0.0886. The van der Waals surface area contributed by atoms with Crippen LogP contribution in [0.2, 0.25) is 0 Å². The number of rotatable bonds is 3. The average Bonchev–Trinajstić information content (AvgIpc) is 3.39. The minimum Gasteiger partial charge on any atom is -0.483 e. The zero-order valence-electron chi connectivity index (χ0n) is 15.3. The quantitative estimate of drug-likeness (QED) is 0.600. The first kappa shape index (κ1) is 18.2. The summed E-state index contributed by atoms with van der Waals surface area (Å²) in [5.41, 5.74) is 3.34. The van der Waals surface area contributed by atoms with Gasteiger partial charge in [0.25, 0.3) is 12.4 Å². The van der Waals surface area contributed by atoms with Gasteiger partial charge in [-0.25, -0.2) is 0 Å². The molecule has 3 aliphatic heterocycles. The normalized spacial score (nSPS) is 23.1. The fraction of sp³-hybridized carbons (Fsp3) is 0.350. The second-order valence-electron chi connectivity index (χ2n) is 7.17. The number of aromatic amines is 1. The molecule has 1 amide bonds. The van der Waals surface area contributed by atoms with Crippen LogP contribution in [-0.2, 0) is 4.79 Å². The number of aromatic nitrogens is 2. The number of carbonyl (C=O) groups is 2. The summed E-state index contributed by atoms with van der Waals surface area (Å²) in [6.45, 7) is 3.03. The average molecular weight is 382 g/mol. The highest BCUT2D eigenvalue weighted by Crippen LogP contribution is 2.29. The molecule has 0 unspecified atom stereocenters. The van der Waals surface area contributed by atoms with Gasteiger partial charge in [-0.15, -0.1) is 0 Å². The van der Waals surface area contributed by atoms with Crippen LogP contribution in [0.5, 0.6) is 0 Å². The van der Waals surface area contributed by atoms with Gasteiger partial charge in [-0.3, -0.25) is 14.7 Å². The number of H-pyrrole nitrogens is 1. The number of amides is 1. The standard InChI is InChI=1S/C19H20N4O2.CH2O2/c24-19(20-17-10-23-6-3-12(17)4-7-23)18-15-9-13(14-5-8-25-11-14)1-2-16(15)21-22-18;2-1-3/h1-2,5,8-9,11-12,17H,3-4,6-7,10H2,(H,20,24)(H,21,22);1H,(H,2,3)/t17-;/m1./s1. The number of hydrogen-bond acceptors (Lipinski definition) is 5. The van der Waals surface area contributed by atoms with Crippen molar-refractivity contribution in [3.63, 3.8) is 0 Å². The van der Waals surface area contributed by atoms with Crippen molar-refractivity contribution >= 4 is 23.3 Å². The number of carboxylic acid groups (broad SMARTS) is 1. The Morgan fingerprint density at radius 2 is 2.07 bits per heavy atom. The molecule has 5 heterocycles. The number of nitrogens with one attached hydrogen (secondary N) is 2. The van der Waals surface area contributed by atoms with Crippen LogP contribution in [0.4, 0.5) is 0 Å². The van der Waals surface area contributed by atoms with Gasteiger partial charge in [0.05, 0.1) is 18.0 Å². The predicted molar refractivity (Wildman–Crippen MR) is 103 cm³/mol. The third kappa shape index (κ3) is 3.50. The van der Waals surface area contributed by atoms with Gasteiger partial charge in [0.1, 0.15) is 0 Å². The number of benzene rings is 1. The Labute approximate surface area is 161 Å².